The SMILES string of the molecule is CC(C)CCC(=O)c1oc(SC(C)C)n[n+]1C(=O)NC1(COCc2ccccc2)CCCCC1. The minimum Gasteiger partial charge on any atom is -0.390 e. The van der Waals surface area contributed by atoms with E-state index in [0.29, 0.717) is 30.8 Å². The Morgan fingerprint density at radius 2 is 1.85 bits per heavy atom. The van der Waals surface area contributed by atoms with Gasteiger partial charge in [0.2, 0.25) is 5.78 Å². The van der Waals surface area contributed by atoms with Crippen molar-refractivity contribution in [2.75, 3.05) is 6.61 Å². The van der Waals surface area contributed by atoms with E-state index in [0.717, 1.165) is 48.8 Å². The molecule has 3 rings (SSSR count). The first kappa shape index (κ1) is 26.4. The summed E-state index contributed by atoms with van der Waals surface area (Å²) in [5.41, 5.74) is 0.610. The van der Waals surface area contributed by atoms with E-state index >= 15 is 0 Å². The summed E-state index contributed by atoms with van der Waals surface area (Å²) in [7, 11) is 0. The van der Waals surface area contributed by atoms with Gasteiger partial charge in [-0.1, -0.05) is 76.2 Å². The molecule has 1 aliphatic rings. The predicted molar refractivity (Wildman–Crippen MR) is 132 cm³/mol. The molecule has 7 nitrogen and oxygen atoms in total. The highest BCUT2D eigenvalue weighted by atomic mass is 32.2. The van der Waals surface area contributed by atoms with Crippen molar-refractivity contribution in [1.82, 2.24) is 10.4 Å². The first-order valence-electron chi connectivity index (χ1n) is 12.4. The van der Waals surface area contributed by atoms with E-state index in [1.54, 1.807) is 0 Å². The number of rotatable bonds is 11. The van der Waals surface area contributed by atoms with Gasteiger partial charge < -0.3 is 9.15 Å². The summed E-state index contributed by atoms with van der Waals surface area (Å²) in [5, 5.41) is 8.08. The van der Waals surface area contributed by atoms with Crippen LogP contribution in [0, 0.1) is 5.92 Å². The number of hydrogen-bond donors (Lipinski definition) is 1. The van der Waals surface area contributed by atoms with Crippen LogP contribution in [-0.4, -0.2) is 34.3 Å². The third-order valence-electron chi connectivity index (χ3n) is 5.95. The summed E-state index contributed by atoms with van der Waals surface area (Å²) < 4.78 is 13.0. The number of hydrogen-bond acceptors (Lipinski definition) is 6. The Morgan fingerprint density at radius 3 is 2.50 bits per heavy atom. The van der Waals surface area contributed by atoms with Gasteiger partial charge in [-0.05, 0) is 53.4 Å². The van der Waals surface area contributed by atoms with Gasteiger partial charge in [-0.2, -0.15) is 4.79 Å². The minimum absolute atomic E-state index is 0.00235. The molecule has 1 aliphatic carbocycles. The fraction of sp³-hybridized carbons (Fsp3) is 0.615. The summed E-state index contributed by atoms with van der Waals surface area (Å²) >= 11 is 1.39. The van der Waals surface area contributed by atoms with Gasteiger partial charge in [0, 0.05) is 11.7 Å². The van der Waals surface area contributed by atoms with E-state index in [2.05, 4.69) is 24.3 Å². The Bertz CT molecular complexity index is 937. The third-order valence-corrected chi connectivity index (χ3v) is 6.78. The fourth-order valence-corrected chi connectivity index (χ4v) is 4.77. The molecule has 1 aromatic heterocycles. The molecule has 1 saturated carbocycles. The maximum Gasteiger partial charge on any atom is 0.520 e. The summed E-state index contributed by atoms with van der Waals surface area (Å²) in [4.78, 5) is 26.3. The number of carbonyl (C=O) groups is 2. The highest BCUT2D eigenvalue weighted by Crippen LogP contribution is 2.29. The number of ketones is 1. The molecule has 2 aromatic rings. The summed E-state index contributed by atoms with van der Waals surface area (Å²) in [5.74, 6) is 0.174. The van der Waals surface area contributed by atoms with Crippen molar-refractivity contribution in [2.24, 2.45) is 5.92 Å². The molecule has 0 aliphatic heterocycles. The lowest BCUT2D eigenvalue weighted by Gasteiger charge is -2.33. The number of amides is 1. The van der Waals surface area contributed by atoms with Crippen molar-refractivity contribution in [1.29, 1.82) is 0 Å². The van der Waals surface area contributed by atoms with Crippen LogP contribution in [0.4, 0.5) is 4.79 Å². The predicted octanol–water partition coefficient (Wildman–Crippen LogP) is 5.56. The van der Waals surface area contributed by atoms with Gasteiger partial charge in [0.1, 0.15) is 5.54 Å². The number of thioether (sulfide) groups is 1. The molecule has 8 heteroatoms. The maximum absolute atomic E-state index is 13.4. The lowest BCUT2D eigenvalue weighted by molar-refractivity contribution is -0.641. The molecule has 0 unspecified atom stereocenters. The van der Waals surface area contributed by atoms with Crippen molar-refractivity contribution in [3.05, 3.63) is 41.8 Å². The van der Waals surface area contributed by atoms with E-state index in [-0.39, 0.29) is 16.9 Å². The van der Waals surface area contributed by atoms with Crippen LogP contribution >= 0.6 is 11.8 Å². The summed E-state index contributed by atoms with van der Waals surface area (Å²) in [6, 6.07) is 9.58. The Morgan fingerprint density at radius 1 is 1.15 bits per heavy atom. The highest BCUT2D eigenvalue weighted by Gasteiger charge is 2.42. The lowest BCUT2D eigenvalue weighted by atomic mass is 9.82. The molecule has 0 atom stereocenters. The second kappa shape index (κ2) is 12.5. The summed E-state index contributed by atoms with van der Waals surface area (Å²) in [6.07, 6.45) is 5.89. The third kappa shape index (κ3) is 7.67. The molecular weight excluding hydrogens is 450 g/mol. The van der Waals surface area contributed by atoms with Gasteiger partial charge in [-0.25, -0.2) is 5.32 Å². The molecule has 1 N–H and O–H groups in total. The Hall–Kier alpha value is -2.19. The first-order valence-corrected chi connectivity index (χ1v) is 13.2. The number of carbonyl (C=O) groups excluding carboxylic acids is 2. The van der Waals surface area contributed by atoms with Crippen molar-refractivity contribution in [3.8, 4) is 0 Å². The number of nitrogens with one attached hydrogen (secondary N) is 1. The van der Waals surface area contributed by atoms with Crippen LogP contribution in [-0.2, 0) is 11.3 Å². The zero-order chi connectivity index (χ0) is 24.6. The fourth-order valence-electron chi connectivity index (χ4n) is 4.11. The first-order chi connectivity index (χ1) is 16.3. The number of benzene rings is 1. The number of nitrogens with zero attached hydrogens (tertiary/aromatic N) is 2. The van der Waals surface area contributed by atoms with E-state index in [4.69, 9.17) is 9.15 Å². The second-order valence-electron chi connectivity index (χ2n) is 9.86. The number of aromatic nitrogens is 2. The molecule has 0 radical (unpaired) electrons. The normalized spacial score (nSPS) is 15.6. The zero-order valence-corrected chi connectivity index (χ0v) is 21.7. The van der Waals surface area contributed by atoms with Crippen molar-refractivity contribution in [3.63, 3.8) is 0 Å². The van der Waals surface area contributed by atoms with Gasteiger partial charge in [0.05, 0.1) is 13.2 Å². The number of Topliss-reactive ketones (excluding diaryl/α,β-unsaturated/α-hetero) is 1. The molecule has 1 heterocycles. The van der Waals surface area contributed by atoms with Gasteiger partial charge in [-0.3, -0.25) is 4.79 Å². The standard InChI is InChI=1S/C26H37N3O4S/c1-19(2)13-14-22(30)23-29(28-25(33-23)34-20(3)4)24(31)27-26(15-9-6-10-16-26)18-32-17-21-11-7-5-8-12-21/h5,7-8,11-12,19-20H,6,9-10,13-18H2,1-4H3/p+1. The van der Waals surface area contributed by atoms with E-state index in [1.807, 2.05) is 44.2 Å². The van der Waals surface area contributed by atoms with Crippen molar-refractivity contribution in [2.45, 2.75) is 95.3 Å². The summed E-state index contributed by atoms with van der Waals surface area (Å²) in [6.45, 7) is 9.06. The monoisotopic (exact) mass is 488 g/mol. The second-order valence-corrected chi connectivity index (χ2v) is 11.4. The lowest BCUT2D eigenvalue weighted by Crippen LogP contribution is -2.63. The van der Waals surface area contributed by atoms with E-state index in [1.165, 1.54) is 11.8 Å². The Labute approximate surface area is 207 Å². The van der Waals surface area contributed by atoms with Crippen LogP contribution in [0.15, 0.2) is 40.0 Å². The zero-order valence-electron chi connectivity index (χ0n) is 20.8. The van der Waals surface area contributed by atoms with Gasteiger partial charge in [0.15, 0.2) is 0 Å². The highest BCUT2D eigenvalue weighted by molar-refractivity contribution is 7.99. The van der Waals surface area contributed by atoms with Crippen molar-refractivity contribution < 1.29 is 23.4 Å². The van der Waals surface area contributed by atoms with Crippen LogP contribution in [0.5, 0.6) is 0 Å². The number of ether oxygens (including phenoxy) is 1. The topological polar surface area (TPSA) is 85.3 Å². The largest absolute Gasteiger partial charge is 0.520 e. The molecule has 1 aromatic carbocycles. The average Bonchev–Trinajstić information content (AvgIpc) is 3.22. The smallest absolute Gasteiger partial charge is 0.390 e. The molecule has 0 spiro atoms. The minimum atomic E-state index is -0.486. The quantitative estimate of drug-likeness (QED) is 0.253. The average molecular weight is 489 g/mol. The van der Waals surface area contributed by atoms with Gasteiger partial charge >= 0.3 is 11.9 Å². The molecule has 1 amide bonds. The molecular formula is C26H38N3O4S+. The van der Waals surface area contributed by atoms with Crippen LogP contribution in [0.3, 0.4) is 0 Å². The Kier molecular flexibility index (Phi) is 9.71. The molecule has 0 bridgehead atoms. The molecule has 0 saturated heterocycles. The van der Waals surface area contributed by atoms with E-state index < -0.39 is 11.6 Å². The molecule has 34 heavy (non-hydrogen) atoms. The van der Waals surface area contributed by atoms with Crippen LogP contribution in [0.25, 0.3) is 0 Å². The molecule has 186 valence electrons. The van der Waals surface area contributed by atoms with E-state index in [9.17, 15) is 9.59 Å². The van der Waals surface area contributed by atoms with Gasteiger partial charge in [0.25, 0.3) is 5.22 Å². The van der Waals surface area contributed by atoms with Gasteiger partial charge in [-0.15, -0.1) is 0 Å². The Balaban J connectivity index is 1.76. The maximum atomic E-state index is 13.4. The van der Waals surface area contributed by atoms with Crippen LogP contribution in [0.2, 0.25) is 0 Å². The van der Waals surface area contributed by atoms with Crippen LogP contribution in [0.1, 0.15) is 88.9 Å². The van der Waals surface area contributed by atoms with Crippen LogP contribution < -0.4 is 10.00 Å². The van der Waals surface area contributed by atoms with Crippen molar-refractivity contribution >= 4 is 23.6 Å². The molecule has 1 fully saturated rings.